The Hall–Kier alpha value is -2.66. The zero-order valence-corrected chi connectivity index (χ0v) is 18.3. The Labute approximate surface area is 180 Å². The molecule has 0 radical (unpaired) electrons. The molecule has 2 aliphatic rings. The molecule has 1 heterocycles. The second kappa shape index (κ2) is 6.95. The first-order valence-electron chi connectivity index (χ1n) is 10.4. The van der Waals surface area contributed by atoms with Crippen LogP contribution < -0.4 is 4.74 Å². The van der Waals surface area contributed by atoms with Crippen LogP contribution in [0.3, 0.4) is 0 Å². The second-order valence-electron chi connectivity index (χ2n) is 8.65. The highest BCUT2D eigenvalue weighted by atomic mass is 32.1. The summed E-state index contributed by atoms with van der Waals surface area (Å²) in [6.07, 6.45) is 1.88. The van der Waals surface area contributed by atoms with Crippen LogP contribution in [0.4, 0.5) is 0 Å². The zero-order valence-electron chi connectivity index (χ0n) is 17.4. The first kappa shape index (κ1) is 19.3. The molecule has 1 spiro atoms. The number of aromatic nitrogens is 1. The normalized spacial score (nSPS) is 24.1. The Morgan fingerprint density at radius 2 is 2.00 bits per heavy atom. The molecule has 2 aromatic carbocycles. The number of benzene rings is 2. The van der Waals surface area contributed by atoms with Gasteiger partial charge in [-0.1, -0.05) is 42.8 Å². The van der Waals surface area contributed by atoms with E-state index in [1.807, 2.05) is 13.0 Å². The molecular formula is C25H25NO3S. The molecule has 0 saturated heterocycles. The van der Waals surface area contributed by atoms with E-state index in [0.717, 1.165) is 39.7 Å². The number of aryl methyl sites for hydroxylation is 3. The van der Waals surface area contributed by atoms with E-state index in [2.05, 4.69) is 50.2 Å². The minimum absolute atomic E-state index is 0.187. The summed E-state index contributed by atoms with van der Waals surface area (Å²) < 4.78 is 6.14. The third kappa shape index (κ3) is 2.95. The lowest BCUT2D eigenvalue weighted by Gasteiger charge is -2.13. The van der Waals surface area contributed by atoms with E-state index >= 15 is 0 Å². The third-order valence-electron chi connectivity index (χ3n) is 6.98. The lowest BCUT2D eigenvalue weighted by atomic mass is 9.93. The number of carbonyl (C=O) groups is 1. The highest BCUT2D eigenvalue weighted by molar-refractivity contribution is 7.15. The average molecular weight is 420 g/mol. The van der Waals surface area contributed by atoms with E-state index in [0.29, 0.717) is 6.61 Å². The van der Waals surface area contributed by atoms with Crippen LogP contribution in [0.1, 0.15) is 40.6 Å². The van der Waals surface area contributed by atoms with Crippen molar-refractivity contribution in [1.29, 1.82) is 0 Å². The van der Waals surface area contributed by atoms with Crippen molar-refractivity contribution in [3.05, 3.63) is 69.7 Å². The lowest BCUT2D eigenvalue weighted by Crippen LogP contribution is -2.12. The summed E-state index contributed by atoms with van der Waals surface area (Å²) in [7, 11) is 0. The smallest absolute Gasteiger partial charge is 0.307 e. The van der Waals surface area contributed by atoms with Crippen molar-refractivity contribution < 1.29 is 14.6 Å². The fourth-order valence-electron chi connectivity index (χ4n) is 5.16. The van der Waals surface area contributed by atoms with Gasteiger partial charge < -0.3 is 9.84 Å². The molecule has 1 saturated carbocycles. The van der Waals surface area contributed by atoms with Gasteiger partial charge in [0, 0.05) is 11.0 Å². The second-order valence-corrected chi connectivity index (χ2v) is 9.73. The molecule has 1 N–H and O–H groups in total. The number of rotatable bonds is 5. The third-order valence-corrected chi connectivity index (χ3v) is 8.16. The van der Waals surface area contributed by atoms with E-state index < -0.39 is 5.97 Å². The average Bonchev–Trinajstić information content (AvgIpc) is 2.98. The Kier molecular flexibility index (Phi) is 4.47. The van der Waals surface area contributed by atoms with Crippen molar-refractivity contribution in [3.63, 3.8) is 0 Å². The number of fused-ring (bicyclic) bond motifs is 2. The van der Waals surface area contributed by atoms with Crippen LogP contribution in [0.5, 0.6) is 5.75 Å². The maximum absolute atomic E-state index is 11.7. The molecule has 5 rings (SSSR count). The number of carboxylic acid groups (broad SMARTS) is 1. The number of nitrogens with zero attached hydrogens (tertiary/aromatic N) is 1. The van der Waals surface area contributed by atoms with Gasteiger partial charge in [-0.25, -0.2) is 4.98 Å². The summed E-state index contributed by atoms with van der Waals surface area (Å²) in [6, 6.07) is 14.6. The van der Waals surface area contributed by atoms with Gasteiger partial charge in [-0.15, -0.1) is 11.3 Å². The van der Waals surface area contributed by atoms with Crippen molar-refractivity contribution in [1.82, 2.24) is 4.98 Å². The van der Waals surface area contributed by atoms with E-state index in [4.69, 9.17) is 9.72 Å². The predicted octanol–water partition coefficient (Wildman–Crippen LogP) is 5.54. The Balaban J connectivity index is 1.35. The summed E-state index contributed by atoms with van der Waals surface area (Å²) in [5.74, 6) is 0.0515. The Morgan fingerprint density at radius 3 is 2.70 bits per heavy atom. The summed E-state index contributed by atoms with van der Waals surface area (Å²) in [5, 5.41) is 10.6. The van der Waals surface area contributed by atoms with Crippen LogP contribution >= 0.6 is 11.3 Å². The molecule has 4 nitrogen and oxygen atoms in total. The van der Waals surface area contributed by atoms with Crippen molar-refractivity contribution in [2.24, 2.45) is 11.8 Å². The molecule has 1 fully saturated rings. The highest BCUT2D eigenvalue weighted by Crippen LogP contribution is 2.66. The Bertz CT molecular complexity index is 1130. The molecule has 5 heteroatoms. The molecule has 1 aromatic heterocycles. The van der Waals surface area contributed by atoms with Gasteiger partial charge in [0.1, 0.15) is 17.4 Å². The standard InChI is InChI=1S/C25H25NO3S/c1-14-4-6-18(7-5-14)23-26-16(3)21(30-23)13-29-19-9-8-17-10-11-25(20(17)12-19)15(2)22(25)24(27)28/h4-9,12,15,22H,10-11,13H2,1-3H3,(H,27,28). The van der Waals surface area contributed by atoms with Crippen molar-refractivity contribution in [2.45, 2.75) is 45.6 Å². The van der Waals surface area contributed by atoms with Crippen LogP contribution in [0, 0.1) is 25.7 Å². The fraction of sp³-hybridized carbons (Fsp3) is 0.360. The van der Waals surface area contributed by atoms with Gasteiger partial charge in [0.15, 0.2) is 0 Å². The lowest BCUT2D eigenvalue weighted by molar-refractivity contribution is -0.139. The van der Waals surface area contributed by atoms with Gasteiger partial charge in [0.2, 0.25) is 0 Å². The molecule has 3 unspecified atom stereocenters. The summed E-state index contributed by atoms with van der Waals surface area (Å²) in [5.41, 5.74) is 5.62. The number of hydrogen-bond donors (Lipinski definition) is 1. The maximum Gasteiger partial charge on any atom is 0.307 e. The maximum atomic E-state index is 11.7. The van der Waals surface area contributed by atoms with E-state index in [1.165, 1.54) is 16.7 Å². The number of ether oxygens (including phenoxy) is 1. The quantitative estimate of drug-likeness (QED) is 0.590. The van der Waals surface area contributed by atoms with E-state index in [9.17, 15) is 9.90 Å². The van der Waals surface area contributed by atoms with E-state index in [1.54, 1.807) is 11.3 Å². The molecule has 2 aliphatic carbocycles. The molecular weight excluding hydrogens is 394 g/mol. The van der Waals surface area contributed by atoms with Gasteiger partial charge in [-0.05, 0) is 55.9 Å². The monoisotopic (exact) mass is 419 g/mol. The number of thiazole rings is 1. The zero-order chi connectivity index (χ0) is 21.0. The van der Waals surface area contributed by atoms with Gasteiger partial charge in [-0.2, -0.15) is 0 Å². The summed E-state index contributed by atoms with van der Waals surface area (Å²) in [4.78, 5) is 17.5. The van der Waals surface area contributed by atoms with Crippen LogP contribution in [0.2, 0.25) is 0 Å². The number of hydrogen-bond acceptors (Lipinski definition) is 4. The number of aliphatic carboxylic acids is 1. The molecule has 3 atom stereocenters. The molecule has 30 heavy (non-hydrogen) atoms. The Morgan fingerprint density at radius 1 is 1.23 bits per heavy atom. The molecule has 3 aromatic rings. The van der Waals surface area contributed by atoms with Crippen LogP contribution in [-0.4, -0.2) is 16.1 Å². The van der Waals surface area contributed by atoms with Gasteiger partial charge in [-0.3, -0.25) is 4.79 Å². The van der Waals surface area contributed by atoms with Crippen LogP contribution in [0.25, 0.3) is 10.6 Å². The first-order valence-corrected chi connectivity index (χ1v) is 11.2. The van der Waals surface area contributed by atoms with Crippen LogP contribution in [-0.2, 0) is 23.2 Å². The molecule has 0 amide bonds. The molecule has 0 aliphatic heterocycles. The molecule has 154 valence electrons. The summed E-state index contributed by atoms with van der Waals surface area (Å²) >= 11 is 1.67. The van der Waals surface area contributed by atoms with E-state index in [-0.39, 0.29) is 17.3 Å². The van der Waals surface area contributed by atoms with Crippen molar-refractivity contribution >= 4 is 17.3 Å². The van der Waals surface area contributed by atoms with Gasteiger partial charge in [0.25, 0.3) is 0 Å². The predicted molar refractivity (Wildman–Crippen MR) is 118 cm³/mol. The van der Waals surface area contributed by atoms with Gasteiger partial charge >= 0.3 is 5.97 Å². The van der Waals surface area contributed by atoms with Gasteiger partial charge in [0.05, 0.1) is 16.5 Å². The molecule has 0 bridgehead atoms. The topological polar surface area (TPSA) is 59.4 Å². The highest BCUT2D eigenvalue weighted by Gasteiger charge is 2.68. The minimum Gasteiger partial charge on any atom is -0.488 e. The van der Waals surface area contributed by atoms with Crippen LogP contribution in [0.15, 0.2) is 42.5 Å². The summed E-state index contributed by atoms with van der Waals surface area (Å²) in [6.45, 7) is 6.64. The van der Waals surface area contributed by atoms with Crippen molar-refractivity contribution in [2.75, 3.05) is 0 Å². The van der Waals surface area contributed by atoms with Crippen molar-refractivity contribution in [3.8, 4) is 16.3 Å². The largest absolute Gasteiger partial charge is 0.488 e. The minimum atomic E-state index is -0.675. The SMILES string of the molecule is Cc1ccc(-c2nc(C)c(COc3ccc4c(c3)C3(CC4)C(C)C3C(=O)O)s2)cc1. The number of carboxylic acids is 1. The fourth-order valence-corrected chi connectivity index (χ4v) is 6.14. The first-order chi connectivity index (χ1) is 14.4.